The van der Waals surface area contributed by atoms with Gasteiger partial charge in [0, 0.05) is 56.8 Å². The number of nitrogen functional groups attached to an aromatic ring is 1. The predicted octanol–water partition coefficient (Wildman–Crippen LogP) is 2.98. The van der Waals surface area contributed by atoms with Gasteiger partial charge in [-0.1, -0.05) is 0 Å². The van der Waals surface area contributed by atoms with Crippen molar-refractivity contribution in [3.05, 3.63) is 18.2 Å². The summed E-state index contributed by atoms with van der Waals surface area (Å²) in [5, 5.41) is 0. The van der Waals surface area contributed by atoms with Gasteiger partial charge in [0.2, 0.25) is 0 Å². The number of hydrogen-bond donors (Lipinski definition) is 1. The fourth-order valence-electron chi connectivity index (χ4n) is 3.60. The molecule has 2 fully saturated rings. The molecule has 1 aromatic carbocycles. The van der Waals surface area contributed by atoms with Gasteiger partial charge in [0.15, 0.2) is 0 Å². The van der Waals surface area contributed by atoms with Crippen molar-refractivity contribution in [2.45, 2.75) is 37.6 Å². The van der Waals surface area contributed by atoms with Crippen LogP contribution in [0.25, 0.3) is 0 Å². The molecule has 2 heterocycles. The quantitative estimate of drug-likeness (QED) is 0.868. The number of anilines is 2. The standard InChI is InChI=1S/C17H25F2N3O/c1-23-16-12-14(2-3-15(16)20)21-8-4-13(5-9-21)22-10-6-17(18,19)7-11-22/h2-3,12-13H,4-11,20H2,1H3. The maximum absolute atomic E-state index is 13.3. The third-order valence-corrected chi connectivity index (χ3v) is 5.09. The monoisotopic (exact) mass is 325 g/mol. The van der Waals surface area contributed by atoms with Crippen molar-refractivity contribution >= 4 is 11.4 Å². The van der Waals surface area contributed by atoms with Crippen LogP contribution in [0.5, 0.6) is 5.75 Å². The van der Waals surface area contributed by atoms with Gasteiger partial charge in [-0.2, -0.15) is 0 Å². The summed E-state index contributed by atoms with van der Waals surface area (Å²) in [7, 11) is 1.62. The van der Waals surface area contributed by atoms with Crippen molar-refractivity contribution in [3.63, 3.8) is 0 Å². The molecular weight excluding hydrogens is 300 g/mol. The Labute approximate surface area is 136 Å². The Morgan fingerprint density at radius 2 is 1.78 bits per heavy atom. The van der Waals surface area contributed by atoms with Gasteiger partial charge in [-0.15, -0.1) is 0 Å². The first kappa shape index (κ1) is 16.3. The molecule has 6 heteroatoms. The van der Waals surface area contributed by atoms with Crippen molar-refractivity contribution in [2.75, 3.05) is 43.9 Å². The van der Waals surface area contributed by atoms with Crippen LogP contribution in [-0.4, -0.2) is 50.2 Å². The SMILES string of the molecule is COc1cc(N2CCC(N3CCC(F)(F)CC3)CC2)ccc1N. The van der Waals surface area contributed by atoms with Crippen molar-refractivity contribution in [1.82, 2.24) is 4.90 Å². The number of ether oxygens (including phenoxy) is 1. The van der Waals surface area contributed by atoms with E-state index in [0.29, 0.717) is 30.6 Å². The summed E-state index contributed by atoms with van der Waals surface area (Å²) in [5.41, 5.74) is 7.61. The van der Waals surface area contributed by atoms with Crippen LogP contribution < -0.4 is 15.4 Å². The lowest BCUT2D eigenvalue weighted by Crippen LogP contribution is -2.49. The van der Waals surface area contributed by atoms with Crippen LogP contribution >= 0.6 is 0 Å². The second-order valence-electron chi connectivity index (χ2n) is 6.54. The molecule has 0 saturated carbocycles. The molecule has 0 aromatic heterocycles. The Morgan fingerprint density at radius 1 is 1.13 bits per heavy atom. The van der Waals surface area contributed by atoms with Crippen LogP contribution in [0.2, 0.25) is 0 Å². The number of benzene rings is 1. The summed E-state index contributed by atoms with van der Waals surface area (Å²) < 4.78 is 31.8. The summed E-state index contributed by atoms with van der Waals surface area (Å²) in [6, 6.07) is 6.28. The molecule has 0 amide bonds. The summed E-state index contributed by atoms with van der Waals surface area (Å²) in [4.78, 5) is 4.56. The van der Waals surface area contributed by atoms with Crippen molar-refractivity contribution in [2.24, 2.45) is 0 Å². The minimum atomic E-state index is -2.46. The van der Waals surface area contributed by atoms with E-state index in [2.05, 4.69) is 9.80 Å². The molecule has 1 aromatic rings. The topological polar surface area (TPSA) is 41.7 Å². The first-order chi connectivity index (χ1) is 11.0. The molecule has 0 atom stereocenters. The summed E-state index contributed by atoms with van der Waals surface area (Å²) >= 11 is 0. The lowest BCUT2D eigenvalue weighted by atomic mass is 9.98. The Kier molecular flexibility index (Phi) is 4.62. The lowest BCUT2D eigenvalue weighted by Gasteiger charge is -2.42. The largest absolute Gasteiger partial charge is 0.495 e. The normalized spacial score (nSPS) is 23.0. The number of nitrogens with two attached hydrogens (primary N) is 1. The molecule has 4 nitrogen and oxygen atoms in total. The third kappa shape index (κ3) is 3.68. The van der Waals surface area contributed by atoms with Gasteiger partial charge in [-0.25, -0.2) is 8.78 Å². The summed E-state index contributed by atoms with van der Waals surface area (Å²) in [5.74, 6) is -1.76. The van der Waals surface area contributed by atoms with Gasteiger partial charge in [0.25, 0.3) is 5.92 Å². The minimum Gasteiger partial charge on any atom is -0.495 e. The van der Waals surface area contributed by atoms with Crippen LogP contribution in [0.15, 0.2) is 18.2 Å². The van der Waals surface area contributed by atoms with Crippen LogP contribution in [0, 0.1) is 0 Å². The van der Waals surface area contributed by atoms with E-state index in [1.54, 1.807) is 7.11 Å². The van der Waals surface area contributed by atoms with E-state index in [9.17, 15) is 8.78 Å². The first-order valence-electron chi connectivity index (χ1n) is 8.29. The molecule has 0 radical (unpaired) electrons. The number of nitrogens with zero attached hydrogens (tertiary/aromatic N) is 2. The minimum absolute atomic E-state index is 0.00236. The number of hydrogen-bond acceptors (Lipinski definition) is 4. The smallest absolute Gasteiger partial charge is 0.250 e. The molecule has 2 aliphatic rings. The highest BCUT2D eigenvalue weighted by molar-refractivity contribution is 5.62. The Balaban J connectivity index is 1.56. The van der Waals surface area contributed by atoms with Crippen molar-refractivity contribution in [3.8, 4) is 5.75 Å². The number of methoxy groups -OCH3 is 1. The molecule has 3 rings (SSSR count). The predicted molar refractivity (Wildman–Crippen MR) is 88.4 cm³/mol. The fraction of sp³-hybridized carbons (Fsp3) is 0.647. The first-order valence-corrected chi connectivity index (χ1v) is 8.29. The van der Waals surface area contributed by atoms with E-state index < -0.39 is 5.92 Å². The average Bonchev–Trinajstić information content (AvgIpc) is 2.56. The molecule has 2 N–H and O–H groups in total. The van der Waals surface area contributed by atoms with Gasteiger partial charge in [-0.05, 0) is 25.0 Å². The molecule has 0 bridgehead atoms. The van der Waals surface area contributed by atoms with E-state index in [0.717, 1.165) is 31.6 Å². The molecule has 0 unspecified atom stereocenters. The summed E-state index contributed by atoms with van der Waals surface area (Å²) in [6.07, 6.45) is 2.03. The molecular formula is C17H25F2N3O. The Morgan fingerprint density at radius 3 is 2.39 bits per heavy atom. The van der Waals surface area contributed by atoms with Crippen molar-refractivity contribution < 1.29 is 13.5 Å². The van der Waals surface area contributed by atoms with Gasteiger partial charge in [0.05, 0.1) is 12.8 Å². The average molecular weight is 325 g/mol. The number of rotatable bonds is 3. The molecule has 2 saturated heterocycles. The van der Waals surface area contributed by atoms with Gasteiger partial charge < -0.3 is 15.4 Å². The van der Waals surface area contributed by atoms with E-state index in [-0.39, 0.29) is 12.8 Å². The van der Waals surface area contributed by atoms with E-state index >= 15 is 0 Å². The third-order valence-electron chi connectivity index (χ3n) is 5.09. The zero-order valence-electron chi connectivity index (χ0n) is 13.6. The zero-order valence-corrected chi connectivity index (χ0v) is 13.6. The van der Waals surface area contributed by atoms with Crippen LogP contribution in [0.1, 0.15) is 25.7 Å². The number of piperidine rings is 2. The van der Waals surface area contributed by atoms with Crippen LogP contribution in [-0.2, 0) is 0 Å². The number of likely N-dealkylation sites (tertiary alicyclic amines) is 1. The molecule has 0 aliphatic carbocycles. The summed E-state index contributed by atoms with van der Waals surface area (Å²) in [6.45, 7) is 2.91. The van der Waals surface area contributed by atoms with Gasteiger partial charge in [0.1, 0.15) is 5.75 Å². The van der Waals surface area contributed by atoms with Crippen LogP contribution in [0.3, 0.4) is 0 Å². The maximum atomic E-state index is 13.3. The Hall–Kier alpha value is -1.56. The highest BCUT2D eigenvalue weighted by Gasteiger charge is 2.36. The molecule has 0 spiro atoms. The van der Waals surface area contributed by atoms with Crippen molar-refractivity contribution in [1.29, 1.82) is 0 Å². The zero-order chi connectivity index (χ0) is 16.4. The highest BCUT2D eigenvalue weighted by Crippen LogP contribution is 2.32. The molecule has 2 aliphatic heterocycles. The second-order valence-corrected chi connectivity index (χ2v) is 6.54. The second kappa shape index (κ2) is 6.51. The Bertz CT molecular complexity index is 535. The number of alkyl halides is 2. The fourth-order valence-corrected chi connectivity index (χ4v) is 3.60. The molecule has 23 heavy (non-hydrogen) atoms. The van der Waals surface area contributed by atoms with E-state index in [1.807, 2.05) is 18.2 Å². The maximum Gasteiger partial charge on any atom is 0.250 e. The van der Waals surface area contributed by atoms with E-state index in [4.69, 9.17) is 10.5 Å². The van der Waals surface area contributed by atoms with Crippen LogP contribution in [0.4, 0.5) is 20.2 Å². The lowest BCUT2D eigenvalue weighted by molar-refractivity contribution is -0.0646. The van der Waals surface area contributed by atoms with Gasteiger partial charge >= 0.3 is 0 Å². The number of halogens is 2. The van der Waals surface area contributed by atoms with E-state index in [1.165, 1.54) is 0 Å². The highest BCUT2D eigenvalue weighted by atomic mass is 19.3. The van der Waals surface area contributed by atoms with Gasteiger partial charge in [-0.3, -0.25) is 4.90 Å². The molecule has 128 valence electrons.